The van der Waals surface area contributed by atoms with Gasteiger partial charge in [0.1, 0.15) is 11.9 Å². The minimum Gasteiger partial charge on any atom is -0.361 e. The Bertz CT molecular complexity index is 1340. The second kappa shape index (κ2) is 6.94. The first-order valence-electron chi connectivity index (χ1n) is 10.1. The van der Waals surface area contributed by atoms with Crippen molar-refractivity contribution in [3.63, 3.8) is 0 Å². The van der Waals surface area contributed by atoms with E-state index >= 15 is 0 Å². The molecule has 8 heteroatoms. The van der Waals surface area contributed by atoms with Gasteiger partial charge in [0.2, 0.25) is 0 Å². The molecule has 5 rings (SSSR count). The number of aromatic nitrogens is 2. The molecule has 2 N–H and O–H groups in total. The highest BCUT2D eigenvalue weighted by Crippen LogP contribution is 2.36. The first-order valence-corrected chi connectivity index (χ1v) is 10.1. The third-order valence-electron chi connectivity index (χ3n) is 5.86. The van der Waals surface area contributed by atoms with E-state index < -0.39 is 6.17 Å². The lowest BCUT2D eigenvalue weighted by atomic mass is 9.96. The SMILES string of the molecule is CNC(=O)c1cc(-c2c(C)noc2C)cc2[nH]c3ccc(C(=O)N4CC(F)C4)cc3c12. The molecule has 0 unspecified atom stereocenters. The van der Waals surface area contributed by atoms with Gasteiger partial charge in [-0.3, -0.25) is 9.59 Å². The van der Waals surface area contributed by atoms with Gasteiger partial charge in [-0.25, -0.2) is 4.39 Å². The molecule has 1 saturated heterocycles. The molecule has 0 atom stereocenters. The highest BCUT2D eigenvalue weighted by molar-refractivity contribution is 6.19. The Morgan fingerprint density at radius 3 is 2.61 bits per heavy atom. The number of nitrogens with zero attached hydrogens (tertiary/aromatic N) is 2. The summed E-state index contributed by atoms with van der Waals surface area (Å²) in [6.45, 7) is 3.93. The molecule has 2 aromatic heterocycles. The molecule has 158 valence electrons. The number of hydrogen-bond acceptors (Lipinski definition) is 4. The van der Waals surface area contributed by atoms with Crippen LogP contribution in [0.1, 0.15) is 32.2 Å². The van der Waals surface area contributed by atoms with E-state index in [9.17, 15) is 14.0 Å². The fourth-order valence-corrected chi connectivity index (χ4v) is 4.30. The lowest BCUT2D eigenvalue weighted by molar-refractivity contribution is 0.0400. The van der Waals surface area contributed by atoms with Crippen molar-refractivity contribution in [1.82, 2.24) is 20.4 Å². The number of carbonyl (C=O) groups excluding carboxylic acids is 2. The van der Waals surface area contributed by atoms with Gasteiger partial charge in [-0.2, -0.15) is 0 Å². The Morgan fingerprint density at radius 1 is 1.19 bits per heavy atom. The van der Waals surface area contributed by atoms with Crippen molar-refractivity contribution in [2.24, 2.45) is 0 Å². The number of benzene rings is 2. The standard InChI is InChI=1S/C23H21FN4O3/c1-11-20(12(2)31-27-11)14-7-17(22(29)25-3)21-16-6-13(23(30)28-9-15(24)10-28)4-5-18(16)26-19(21)8-14/h4-8,15,26H,9-10H2,1-3H3,(H,25,29). The van der Waals surface area contributed by atoms with Crippen LogP contribution in [0.5, 0.6) is 0 Å². The van der Waals surface area contributed by atoms with E-state index in [0.29, 0.717) is 16.9 Å². The lowest BCUT2D eigenvalue weighted by Crippen LogP contribution is -2.51. The molecule has 4 aromatic rings. The summed E-state index contributed by atoms with van der Waals surface area (Å²) >= 11 is 0. The summed E-state index contributed by atoms with van der Waals surface area (Å²) in [7, 11) is 1.58. The van der Waals surface area contributed by atoms with E-state index in [1.807, 2.05) is 32.0 Å². The van der Waals surface area contributed by atoms with E-state index in [-0.39, 0.29) is 24.9 Å². The highest BCUT2D eigenvalue weighted by atomic mass is 19.1. The van der Waals surface area contributed by atoms with Crippen LogP contribution in [-0.4, -0.2) is 53.2 Å². The van der Waals surface area contributed by atoms with Gasteiger partial charge in [-0.15, -0.1) is 0 Å². The largest absolute Gasteiger partial charge is 0.361 e. The molecule has 0 aliphatic carbocycles. The average Bonchev–Trinajstić information content (AvgIpc) is 3.28. The maximum atomic E-state index is 13.2. The summed E-state index contributed by atoms with van der Waals surface area (Å²) in [5.74, 6) is 0.225. The van der Waals surface area contributed by atoms with Crippen molar-refractivity contribution in [1.29, 1.82) is 0 Å². The fourth-order valence-electron chi connectivity index (χ4n) is 4.30. The second-order valence-electron chi connectivity index (χ2n) is 7.92. The monoisotopic (exact) mass is 420 g/mol. The Balaban J connectivity index is 1.72. The molecule has 0 bridgehead atoms. The Kier molecular flexibility index (Phi) is 4.32. The number of H-pyrrole nitrogens is 1. The summed E-state index contributed by atoms with van der Waals surface area (Å²) in [5, 5.41) is 8.22. The predicted octanol–water partition coefficient (Wildman–Crippen LogP) is 3.75. The van der Waals surface area contributed by atoms with Gasteiger partial charge in [-0.05, 0) is 49.7 Å². The zero-order valence-electron chi connectivity index (χ0n) is 17.4. The second-order valence-corrected chi connectivity index (χ2v) is 7.92. The predicted molar refractivity (Wildman–Crippen MR) is 115 cm³/mol. The number of rotatable bonds is 3. The van der Waals surface area contributed by atoms with E-state index in [2.05, 4.69) is 15.5 Å². The molecule has 0 radical (unpaired) electrons. The summed E-state index contributed by atoms with van der Waals surface area (Å²) in [4.78, 5) is 30.3. The summed E-state index contributed by atoms with van der Waals surface area (Å²) in [6.07, 6.45) is -0.955. The average molecular weight is 420 g/mol. The van der Waals surface area contributed by atoms with Crippen molar-refractivity contribution in [2.45, 2.75) is 20.0 Å². The number of fused-ring (bicyclic) bond motifs is 3. The number of likely N-dealkylation sites (tertiary alicyclic amines) is 1. The summed E-state index contributed by atoms with van der Waals surface area (Å²) < 4.78 is 18.5. The van der Waals surface area contributed by atoms with Crippen LogP contribution in [0.15, 0.2) is 34.9 Å². The number of amides is 2. The van der Waals surface area contributed by atoms with Crippen LogP contribution in [0, 0.1) is 13.8 Å². The van der Waals surface area contributed by atoms with E-state index in [1.165, 1.54) is 4.90 Å². The molecular weight excluding hydrogens is 399 g/mol. The zero-order valence-corrected chi connectivity index (χ0v) is 17.4. The molecule has 0 spiro atoms. The van der Waals surface area contributed by atoms with E-state index in [4.69, 9.17) is 4.52 Å². The molecule has 1 aliphatic heterocycles. The molecule has 7 nitrogen and oxygen atoms in total. The molecule has 2 aromatic carbocycles. The first-order chi connectivity index (χ1) is 14.9. The van der Waals surface area contributed by atoms with Gasteiger partial charge >= 0.3 is 0 Å². The van der Waals surface area contributed by atoms with Gasteiger partial charge in [0.05, 0.1) is 18.8 Å². The van der Waals surface area contributed by atoms with Crippen LogP contribution in [0.2, 0.25) is 0 Å². The fraction of sp³-hybridized carbons (Fsp3) is 0.261. The molecule has 1 aliphatic rings. The minimum atomic E-state index is -0.955. The van der Waals surface area contributed by atoms with Crippen LogP contribution >= 0.6 is 0 Å². The van der Waals surface area contributed by atoms with Gasteiger partial charge in [0.25, 0.3) is 11.8 Å². The summed E-state index contributed by atoms with van der Waals surface area (Å²) in [6, 6.07) is 9.08. The van der Waals surface area contributed by atoms with Crippen LogP contribution in [0.25, 0.3) is 32.9 Å². The first kappa shape index (κ1) is 19.3. The molecular formula is C23H21FN4O3. The van der Waals surface area contributed by atoms with Crippen LogP contribution in [-0.2, 0) is 0 Å². The van der Waals surface area contributed by atoms with Gasteiger partial charge in [0, 0.05) is 45.5 Å². The topological polar surface area (TPSA) is 91.2 Å². The van der Waals surface area contributed by atoms with Gasteiger partial charge in [-0.1, -0.05) is 5.16 Å². The Hall–Kier alpha value is -3.68. The lowest BCUT2D eigenvalue weighted by Gasteiger charge is -2.34. The van der Waals surface area contributed by atoms with Crippen molar-refractivity contribution < 1.29 is 18.5 Å². The molecule has 31 heavy (non-hydrogen) atoms. The Morgan fingerprint density at radius 2 is 1.97 bits per heavy atom. The van der Waals surface area contributed by atoms with Crippen LogP contribution in [0.4, 0.5) is 4.39 Å². The third kappa shape index (κ3) is 2.98. The smallest absolute Gasteiger partial charge is 0.254 e. The van der Waals surface area contributed by atoms with Crippen molar-refractivity contribution >= 4 is 33.6 Å². The van der Waals surface area contributed by atoms with Gasteiger partial charge in [0.15, 0.2) is 0 Å². The maximum absolute atomic E-state index is 13.2. The number of hydrogen-bond donors (Lipinski definition) is 2. The zero-order chi connectivity index (χ0) is 21.9. The van der Waals surface area contributed by atoms with E-state index in [1.54, 1.807) is 19.2 Å². The van der Waals surface area contributed by atoms with Crippen LogP contribution in [0.3, 0.4) is 0 Å². The van der Waals surface area contributed by atoms with Gasteiger partial charge < -0.3 is 19.7 Å². The summed E-state index contributed by atoms with van der Waals surface area (Å²) in [5.41, 5.74) is 4.93. The number of carbonyl (C=O) groups is 2. The molecule has 2 amide bonds. The maximum Gasteiger partial charge on any atom is 0.254 e. The molecule has 3 heterocycles. The minimum absolute atomic E-state index is 0.120. The number of halogens is 1. The quantitative estimate of drug-likeness (QED) is 0.528. The molecule has 0 saturated carbocycles. The van der Waals surface area contributed by atoms with Crippen molar-refractivity contribution in [3.8, 4) is 11.1 Å². The highest BCUT2D eigenvalue weighted by Gasteiger charge is 2.31. The van der Waals surface area contributed by atoms with Crippen LogP contribution < -0.4 is 5.32 Å². The van der Waals surface area contributed by atoms with Crippen molar-refractivity contribution in [3.05, 3.63) is 52.9 Å². The van der Waals surface area contributed by atoms with Crippen molar-refractivity contribution in [2.75, 3.05) is 20.1 Å². The van der Waals surface area contributed by atoms with E-state index in [0.717, 1.165) is 38.6 Å². The Labute approximate surface area is 177 Å². The third-order valence-corrected chi connectivity index (χ3v) is 5.86. The normalized spacial score (nSPS) is 14.3. The number of aromatic amines is 1. The number of alkyl halides is 1. The number of aryl methyl sites for hydroxylation is 2. The molecule has 1 fully saturated rings. The number of nitrogens with one attached hydrogen (secondary N) is 2.